The highest BCUT2D eigenvalue weighted by Gasteiger charge is 2.32. The van der Waals surface area contributed by atoms with E-state index in [9.17, 15) is 9.18 Å². The number of carbonyl (C=O) groups is 1. The van der Waals surface area contributed by atoms with Gasteiger partial charge in [-0.05, 0) is 79.0 Å². The Hall–Kier alpha value is -2.90. The SMILES string of the molecule is COc1ccc(CN2CCC([C@H](Cc3ccccc3F)N(C)C(=O)c3ccsc3)CC2)cc1OC. The Kier molecular flexibility index (Phi) is 8.42. The zero-order valence-corrected chi connectivity index (χ0v) is 21.4. The third kappa shape index (κ3) is 6.03. The van der Waals surface area contributed by atoms with Gasteiger partial charge in [-0.25, -0.2) is 4.39 Å². The minimum atomic E-state index is -0.209. The van der Waals surface area contributed by atoms with E-state index in [1.165, 1.54) is 23.0 Å². The monoisotopic (exact) mass is 496 g/mol. The van der Waals surface area contributed by atoms with Crippen molar-refractivity contribution < 1.29 is 18.7 Å². The first-order valence-corrected chi connectivity index (χ1v) is 12.9. The average Bonchev–Trinajstić information content (AvgIpc) is 3.43. The fourth-order valence-corrected chi connectivity index (χ4v) is 5.61. The molecule has 0 N–H and O–H groups in total. The van der Waals surface area contributed by atoms with Crippen LogP contribution in [0.1, 0.15) is 34.3 Å². The normalized spacial score (nSPS) is 15.5. The van der Waals surface area contributed by atoms with Crippen molar-refractivity contribution in [1.82, 2.24) is 9.80 Å². The maximum Gasteiger partial charge on any atom is 0.254 e. The molecule has 5 nitrogen and oxygen atoms in total. The van der Waals surface area contributed by atoms with Crippen LogP contribution in [0, 0.1) is 11.7 Å². The van der Waals surface area contributed by atoms with Crippen molar-refractivity contribution >= 4 is 17.2 Å². The molecule has 0 radical (unpaired) electrons. The molecule has 1 aliphatic heterocycles. The first-order valence-electron chi connectivity index (χ1n) is 12.0. The molecule has 1 aromatic heterocycles. The van der Waals surface area contributed by atoms with Gasteiger partial charge in [0.05, 0.1) is 19.8 Å². The summed E-state index contributed by atoms with van der Waals surface area (Å²) in [7, 11) is 5.15. The predicted molar refractivity (Wildman–Crippen MR) is 138 cm³/mol. The van der Waals surface area contributed by atoms with Gasteiger partial charge in [0.1, 0.15) is 5.82 Å². The summed E-state index contributed by atoms with van der Waals surface area (Å²) >= 11 is 1.51. The molecule has 7 heteroatoms. The van der Waals surface area contributed by atoms with E-state index < -0.39 is 0 Å². The number of nitrogens with zero attached hydrogens (tertiary/aromatic N) is 2. The van der Waals surface area contributed by atoms with Gasteiger partial charge in [0, 0.05) is 25.0 Å². The molecule has 0 unspecified atom stereocenters. The van der Waals surface area contributed by atoms with Gasteiger partial charge in [0.15, 0.2) is 11.5 Å². The molecule has 1 amide bonds. The molecular weight excluding hydrogens is 463 g/mol. The van der Waals surface area contributed by atoms with E-state index in [0.717, 1.165) is 44.0 Å². The van der Waals surface area contributed by atoms with E-state index in [4.69, 9.17) is 9.47 Å². The fraction of sp³-hybridized carbons (Fsp3) is 0.393. The number of likely N-dealkylation sites (N-methyl/N-ethyl adjacent to an activating group) is 1. The Balaban J connectivity index is 1.46. The Morgan fingerprint density at radius 2 is 1.86 bits per heavy atom. The summed E-state index contributed by atoms with van der Waals surface area (Å²) in [6.07, 6.45) is 2.42. The number of likely N-dealkylation sites (tertiary alicyclic amines) is 1. The lowest BCUT2D eigenvalue weighted by atomic mass is 9.84. The highest BCUT2D eigenvalue weighted by atomic mass is 32.1. The van der Waals surface area contributed by atoms with Crippen molar-refractivity contribution in [2.45, 2.75) is 31.8 Å². The smallest absolute Gasteiger partial charge is 0.254 e. The molecule has 35 heavy (non-hydrogen) atoms. The molecular formula is C28H33FN2O3S. The van der Waals surface area contributed by atoms with E-state index in [1.807, 2.05) is 53.0 Å². The topological polar surface area (TPSA) is 42.0 Å². The number of methoxy groups -OCH3 is 2. The Morgan fingerprint density at radius 1 is 1.11 bits per heavy atom. The molecule has 0 spiro atoms. The zero-order valence-electron chi connectivity index (χ0n) is 20.6. The van der Waals surface area contributed by atoms with Crippen LogP contribution in [0.4, 0.5) is 4.39 Å². The number of hydrogen-bond acceptors (Lipinski definition) is 5. The molecule has 0 saturated carbocycles. The third-order valence-corrected chi connectivity index (χ3v) is 7.69. The molecule has 1 saturated heterocycles. The highest BCUT2D eigenvalue weighted by Crippen LogP contribution is 2.31. The van der Waals surface area contributed by atoms with Gasteiger partial charge < -0.3 is 14.4 Å². The molecule has 3 aromatic rings. The zero-order chi connectivity index (χ0) is 24.8. The van der Waals surface area contributed by atoms with Gasteiger partial charge in [-0.15, -0.1) is 0 Å². The van der Waals surface area contributed by atoms with Gasteiger partial charge in [0.2, 0.25) is 0 Å². The van der Waals surface area contributed by atoms with E-state index in [-0.39, 0.29) is 17.8 Å². The summed E-state index contributed by atoms with van der Waals surface area (Å²) in [5.74, 6) is 1.55. The maximum atomic E-state index is 14.5. The lowest BCUT2D eigenvalue weighted by molar-refractivity contribution is 0.0584. The van der Waals surface area contributed by atoms with E-state index in [2.05, 4.69) is 11.0 Å². The second-order valence-corrected chi connectivity index (χ2v) is 9.87. The first kappa shape index (κ1) is 25.2. The summed E-state index contributed by atoms with van der Waals surface area (Å²) in [6.45, 7) is 2.68. The van der Waals surface area contributed by atoms with Crippen LogP contribution in [0.25, 0.3) is 0 Å². The number of hydrogen-bond donors (Lipinski definition) is 0. The van der Waals surface area contributed by atoms with Crippen LogP contribution in [0.15, 0.2) is 59.3 Å². The number of amides is 1. The van der Waals surface area contributed by atoms with Gasteiger partial charge in [-0.1, -0.05) is 24.3 Å². The van der Waals surface area contributed by atoms with Crippen LogP contribution in [0.2, 0.25) is 0 Å². The van der Waals surface area contributed by atoms with Crippen molar-refractivity contribution in [3.05, 3.63) is 81.8 Å². The lowest BCUT2D eigenvalue weighted by Crippen LogP contribution is -2.47. The second-order valence-electron chi connectivity index (χ2n) is 9.09. The molecule has 2 aromatic carbocycles. The summed E-state index contributed by atoms with van der Waals surface area (Å²) in [5.41, 5.74) is 2.53. The Morgan fingerprint density at radius 3 is 2.51 bits per heavy atom. The van der Waals surface area contributed by atoms with Gasteiger partial charge in [0.25, 0.3) is 5.91 Å². The van der Waals surface area contributed by atoms with Crippen molar-refractivity contribution in [1.29, 1.82) is 0 Å². The number of thiophene rings is 1. The molecule has 2 heterocycles. The molecule has 0 bridgehead atoms. The number of benzene rings is 2. The number of ether oxygens (including phenoxy) is 2. The molecule has 1 aliphatic rings. The third-order valence-electron chi connectivity index (χ3n) is 7.00. The molecule has 1 fully saturated rings. The van der Waals surface area contributed by atoms with Crippen molar-refractivity contribution in [3.63, 3.8) is 0 Å². The van der Waals surface area contributed by atoms with E-state index >= 15 is 0 Å². The largest absolute Gasteiger partial charge is 0.493 e. The average molecular weight is 497 g/mol. The molecule has 1 atom stereocenters. The van der Waals surface area contributed by atoms with Gasteiger partial charge in [-0.2, -0.15) is 11.3 Å². The van der Waals surface area contributed by atoms with Crippen LogP contribution in [-0.2, 0) is 13.0 Å². The molecule has 0 aliphatic carbocycles. The van der Waals surface area contributed by atoms with Crippen molar-refractivity contribution in [3.8, 4) is 11.5 Å². The molecule has 186 valence electrons. The standard InChI is InChI=1S/C28H33FN2O3S/c1-30(28(32)23-12-15-35-19-23)25(17-22-6-4-5-7-24(22)29)21-10-13-31(14-11-21)18-20-8-9-26(33-2)27(16-20)34-3/h4-9,12,15-16,19,21,25H,10-11,13-14,17-18H2,1-3H3/t25-/m0/s1. The number of halogens is 1. The summed E-state index contributed by atoms with van der Waals surface area (Å²) in [5, 5.41) is 3.80. The summed E-state index contributed by atoms with van der Waals surface area (Å²) < 4.78 is 25.3. The predicted octanol–water partition coefficient (Wildman–Crippen LogP) is 5.50. The van der Waals surface area contributed by atoms with Crippen LogP contribution in [0.5, 0.6) is 11.5 Å². The van der Waals surface area contributed by atoms with Crippen LogP contribution < -0.4 is 9.47 Å². The van der Waals surface area contributed by atoms with E-state index in [1.54, 1.807) is 20.3 Å². The fourth-order valence-electron chi connectivity index (χ4n) is 4.98. The number of piperidine rings is 1. The Labute approximate surface area is 211 Å². The van der Waals surface area contributed by atoms with Crippen molar-refractivity contribution in [2.24, 2.45) is 5.92 Å². The number of rotatable bonds is 9. The minimum absolute atomic E-state index is 0.000321. The van der Waals surface area contributed by atoms with Crippen LogP contribution in [-0.4, -0.2) is 56.1 Å². The summed E-state index contributed by atoms with van der Waals surface area (Å²) in [4.78, 5) is 17.5. The Bertz CT molecular complexity index is 1110. The first-order chi connectivity index (χ1) is 17.0. The molecule has 4 rings (SSSR count). The summed E-state index contributed by atoms with van der Waals surface area (Å²) in [6, 6.07) is 14.7. The van der Waals surface area contributed by atoms with Crippen LogP contribution >= 0.6 is 11.3 Å². The van der Waals surface area contributed by atoms with E-state index in [0.29, 0.717) is 23.5 Å². The highest BCUT2D eigenvalue weighted by molar-refractivity contribution is 7.08. The van der Waals surface area contributed by atoms with Gasteiger partial charge >= 0.3 is 0 Å². The second kappa shape index (κ2) is 11.7. The maximum absolute atomic E-state index is 14.5. The van der Waals surface area contributed by atoms with Crippen LogP contribution in [0.3, 0.4) is 0 Å². The van der Waals surface area contributed by atoms with Crippen molar-refractivity contribution in [2.75, 3.05) is 34.4 Å². The van der Waals surface area contributed by atoms with Gasteiger partial charge in [-0.3, -0.25) is 9.69 Å². The number of carbonyl (C=O) groups excluding carboxylic acids is 1. The quantitative estimate of drug-likeness (QED) is 0.392. The minimum Gasteiger partial charge on any atom is -0.493 e. The lowest BCUT2D eigenvalue weighted by Gasteiger charge is -2.40.